The van der Waals surface area contributed by atoms with Crippen molar-refractivity contribution in [1.82, 2.24) is 15.2 Å². The molecule has 1 unspecified atom stereocenters. The normalized spacial score (nSPS) is 15.5. The van der Waals surface area contributed by atoms with Crippen molar-refractivity contribution in [3.05, 3.63) is 76.1 Å². The molecule has 1 aliphatic heterocycles. The zero-order chi connectivity index (χ0) is 23.0. The fourth-order valence-corrected chi connectivity index (χ4v) is 4.37. The second-order valence-corrected chi connectivity index (χ2v) is 8.68. The minimum Gasteiger partial charge on any atom is -0.494 e. The van der Waals surface area contributed by atoms with Gasteiger partial charge in [0.2, 0.25) is 0 Å². The lowest BCUT2D eigenvalue weighted by Crippen LogP contribution is -2.44. The highest BCUT2D eigenvalue weighted by Gasteiger charge is 2.22. The molecule has 33 heavy (non-hydrogen) atoms. The lowest BCUT2D eigenvalue weighted by molar-refractivity contribution is 0.0897. The van der Waals surface area contributed by atoms with Crippen LogP contribution in [0.2, 0.25) is 0 Å². The molecule has 2 aromatic carbocycles. The lowest BCUT2D eigenvalue weighted by Gasteiger charge is -2.28. The van der Waals surface area contributed by atoms with E-state index in [-0.39, 0.29) is 11.7 Å². The number of ether oxygens (including phenoxy) is 2. The number of nitrogens with zero attached hydrogens (tertiary/aromatic N) is 1. The van der Waals surface area contributed by atoms with E-state index in [1.807, 2.05) is 49.4 Å². The van der Waals surface area contributed by atoms with E-state index in [1.54, 1.807) is 0 Å². The standard InChI is InChI=1S/C26H31N3O3S/c1-2-31-22-10-11-24-20(16-22)15-21(25(30)28-24)17-29(18-23-9-6-14-32-23)26(33)27-13-12-19-7-4-3-5-8-19/h3-5,7-8,10-11,15-16,23H,2,6,9,12-14,17-18H2,1H3,(H,27,33)(H,28,30). The minimum atomic E-state index is -0.101. The van der Waals surface area contributed by atoms with Crippen molar-refractivity contribution in [1.29, 1.82) is 0 Å². The number of thiocarbonyl (C=S) groups is 1. The van der Waals surface area contributed by atoms with Crippen LogP contribution in [0.3, 0.4) is 0 Å². The zero-order valence-corrected chi connectivity index (χ0v) is 19.8. The molecule has 0 aliphatic carbocycles. The summed E-state index contributed by atoms with van der Waals surface area (Å²) in [6.45, 7) is 5.14. The average Bonchev–Trinajstić information content (AvgIpc) is 3.33. The second kappa shape index (κ2) is 11.3. The molecule has 3 aromatic rings. The first kappa shape index (κ1) is 23.3. The summed E-state index contributed by atoms with van der Waals surface area (Å²) in [5.41, 5.74) is 2.62. The predicted molar refractivity (Wildman–Crippen MR) is 136 cm³/mol. The fourth-order valence-electron chi connectivity index (χ4n) is 4.13. The summed E-state index contributed by atoms with van der Waals surface area (Å²) >= 11 is 5.75. The highest BCUT2D eigenvalue weighted by Crippen LogP contribution is 2.20. The SMILES string of the molecule is CCOc1ccc2[nH]c(=O)c(CN(CC3CCCO3)C(=S)NCCc3ccccc3)cc2c1. The largest absolute Gasteiger partial charge is 0.494 e. The number of aromatic nitrogens is 1. The number of fused-ring (bicyclic) bond motifs is 1. The third-order valence-corrected chi connectivity index (χ3v) is 6.24. The fraction of sp³-hybridized carbons (Fsp3) is 0.385. The van der Waals surface area contributed by atoms with Gasteiger partial charge in [0.1, 0.15) is 5.75 Å². The van der Waals surface area contributed by atoms with Crippen molar-refractivity contribution in [3.63, 3.8) is 0 Å². The number of H-pyrrole nitrogens is 1. The zero-order valence-electron chi connectivity index (χ0n) is 19.0. The van der Waals surface area contributed by atoms with Gasteiger partial charge in [-0.25, -0.2) is 0 Å². The number of nitrogens with one attached hydrogen (secondary N) is 2. The molecular formula is C26H31N3O3S. The van der Waals surface area contributed by atoms with E-state index in [4.69, 9.17) is 21.7 Å². The first-order valence-electron chi connectivity index (χ1n) is 11.6. The second-order valence-electron chi connectivity index (χ2n) is 8.29. The Hall–Kier alpha value is -2.90. The van der Waals surface area contributed by atoms with Crippen molar-refractivity contribution in [3.8, 4) is 5.75 Å². The van der Waals surface area contributed by atoms with Gasteiger partial charge in [-0.15, -0.1) is 0 Å². The summed E-state index contributed by atoms with van der Waals surface area (Å²) < 4.78 is 11.5. The molecule has 1 saturated heterocycles. The van der Waals surface area contributed by atoms with Gasteiger partial charge in [0.05, 0.1) is 19.3 Å². The van der Waals surface area contributed by atoms with Gasteiger partial charge in [-0.2, -0.15) is 0 Å². The number of hydrogen-bond acceptors (Lipinski definition) is 4. The molecule has 2 heterocycles. The number of hydrogen-bond donors (Lipinski definition) is 2. The van der Waals surface area contributed by atoms with Gasteiger partial charge in [-0.1, -0.05) is 30.3 Å². The van der Waals surface area contributed by atoms with E-state index in [2.05, 4.69) is 27.3 Å². The minimum absolute atomic E-state index is 0.101. The summed E-state index contributed by atoms with van der Waals surface area (Å²) in [5, 5.41) is 4.96. The molecule has 0 radical (unpaired) electrons. The topological polar surface area (TPSA) is 66.6 Å². The van der Waals surface area contributed by atoms with Crippen LogP contribution in [0.5, 0.6) is 5.75 Å². The Labute approximate surface area is 199 Å². The van der Waals surface area contributed by atoms with E-state index in [1.165, 1.54) is 5.56 Å². The van der Waals surface area contributed by atoms with Crippen LogP contribution in [-0.2, 0) is 17.7 Å². The summed E-state index contributed by atoms with van der Waals surface area (Å²) in [4.78, 5) is 17.9. The first-order valence-corrected chi connectivity index (χ1v) is 12.0. The van der Waals surface area contributed by atoms with Crippen molar-refractivity contribution in [2.24, 2.45) is 0 Å². The predicted octanol–water partition coefficient (Wildman–Crippen LogP) is 4.03. The van der Waals surface area contributed by atoms with Crippen LogP contribution in [0, 0.1) is 0 Å². The van der Waals surface area contributed by atoms with Gasteiger partial charge in [-0.05, 0) is 68.2 Å². The number of aromatic amines is 1. The quantitative estimate of drug-likeness (QED) is 0.465. The van der Waals surface area contributed by atoms with Crippen LogP contribution < -0.4 is 15.6 Å². The highest BCUT2D eigenvalue weighted by molar-refractivity contribution is 7.80. The van der Waals surface area contributed by atoms with Gasteiger partial charge in [0, 0.05) is 36.2 Å². The van der Waals surface area contributed by atoms with Crippen molar-refractivity contribution < 1.29 is 9.47 Å². The summed E-state index contributed by atoms with van der Waals surface area (Å²) in [5.74, 6) is 0.789. The van der Waals surface area contributed by atoms with Crippen LogP contribution in [0.1, 0.15) is 30.9 Å². The van der Waals surface area contributed by atoms with Crippen LogP contribution >= 0.6 is 12.2 Å². The van der Waals surface area contributed by atoms with Gasteiger partial charge >= 0.3 is 0 Å². The van der Waals surface area contributed by atoms with E-state index >= 15 is 0 Å². The third kappa shape index (κ3) is 6.33. The van der Waals surface area contributed by atoms with Crippen molar-refractivity contribution in [2.75, 3.05) is 26.3 Å². The molecule has 1 fully saturated rings. The summed E-state index contributed by atoms with van der Waals surface area (Å²) in [7, 11) is 0. The Balaban J connectivity index is 1.50. The first-order chi connectivity index (χ1) is 16.1. The molecule has 0 bridgehead atoms. The van der Waals surface area contributed by atoms with Gasteiger partial charge < -0.3 is 24.7 Å². The van der Waals surface area contributed by atoms with Crippen molar-refractivity contribution in [2.45, 2.75) is 38.8 Å². The molecule has 0 amide bonds. The molecule has 0 spiro atoms. The van der Waals surface area contributed by atoms with Crippen molar-refractivity contribution >= 4 is 28.2 Å². The number of rotatable bonds is 9. The van der Waals surface area contributed by atoms with E-state index in [0.717, 1.165) is 49.1 Å². The van der Waals surface area contributed by atoms with Crippen LogP contribution in [0.25, 0.3) is 10.9 Å². The monoisotopic (exact) mass is 465 g/mol. The molecular weight excluding hydrogens is 434 g/mol. The maximum Gasteiger partial charge on any atom is 0.253 e. The van der Waals surface area contributed by atoms with Gasteiger partial charge in [-0.3, -0.25) is 4.79 Å². The third-order valence-electron chi connectivity index (χ3n) is 5.83. The average molecular weight is 466 g/mol. The van der Waals surface area contributed by atoms with Crippen LogP contribution in [0.4, 0.5) is 0 Å². The lowest BCUT2D eigenvalue weighted by atomic mass is 10.1. The molecule has 174 valence electrons. The maximum absolute atomic E-state index is 12.8. The Bertz CT molecular complexity index is 1130. The number of benzene rings is 2. The maximum atomic E-state index is 12.8. The molecule has 1 aliphatic rings. The van der Waals surface area contributed by atoms with Crippen LogP contribution in [0.15, 0.2) is 59.4 Å². The van der Waals surface area contributed by atoms with Gasteiger partial charge in [0.15, 0.2) is 5.11 Å². The summed E-state index contributed by atoms with van der Waals surface area (Å²) in [6, 6.07) is 18.0. The molecule has 1 atom stereocenters. The van der Waals surface area contributed by atoms with Gasteiger partial charge in [0.25, 0.3) is 5.56 Å². The molecule has 2 N–H and O–H groups in total. The molecule has 7 heteroatoms. The molecule has 0 saturated carbocycles. The highest BCUT2D eigenvalue weighted by atomic mass is 32.1. The summed E-state index contributed by atoms with van der Waals surface area (Å²) in [6.07, 6.45) is 3.08. The Morgan fingerprint density at radius 3 is 2.85 bits per heavy atom. The Morgan fingerprint density at radius 2 is 2.09 bits per heavy atom. The smallest absolute Gasteiger partial charge is 0.253 e. The molecule has 1 aromatic heterocycles. The van der Waals surface area contributed by atoms with E-state index < -0.39 is 0 Å². The Kier molecular flexibility index (Phi) is 7.96. The molecule has 4 rings (SSSR count). The van der Waals surface area contributed by atoms with Crippen LogP contribution in [-0.4, -0.2) is 47.4 Å². The van der Waals surface area contributed by atoms with E-state index in [9.17, 15) is 4.79 Å². The van der Waals surface area contributed by atoms with E-state index in [0.29, 0.717) is 30.4 Å². The Morgan fingerprint density at radius 1 is 1.24 bits per heavy atom. The number of pyridine rings is 1. The molecule has 6 nitrogen and oxygen atoms in total.